The molecule has 1 aliphatic rings. The van der Waals surface area contributed by atoms with Crippen molar-refractivity contribution in [1.82, 2.24) is 4.90 Å². The van der Waals surface area contributed by atoms with Crippen LogP contribution in [0.2, 0.25) is 0 Å². The quantitative estimate of drug-likeness (QED) is 0.602. The third-order valence-electron chi connectivity index (χ3n) is 2.08. The summed E-state index contributed by atoms with van der Waals surface area (Å²) in [5.41, 5.74) is 0. The van der Waals surface area contributed by atoms with Crippen LogP contribution in [0, 0.1) is 0 Å². The van der Waals surface area contributed by atoms with E-state index in [1.165, 1.54) is 0 Å². The summed E-state index contributed by atoms with van der Waals surface area (Å²) in [6.45, 7) is 4.64. The van der Waals surface area contributed by atoms with E-state index >= 15 is 0 Å². The van der Waals surface area contributed by atoms with Crippen LogP contribution >= 0.6 is 0 Å². The number of rotatable bonds is 5. The van der Waals surface area contributed by atoms with Crippen LogP contribution in [0.3, 0.4) is 0 Å². The van der Waals surface area contributed by atoms with Crippen molar-refractivity contribution in [2.45, 2.75) is 12.8 Å². The third-order valence-corrected chi connectivity index (χ3v) is 2.08. The number of hydrogen-bond acceptors (Lipinski definition) is 3. The standard InChI is InChI=1S/C10H19NO2/c1-12-8-4-2-3-5-11-6-9-13-10-7-11/h3,5H,2,4,6-10H2,1H3. The molecule has 1 heterocycles. The predicted octanol–water partition coefficient (Wildman–Crippen LogP) is 1.26. The molecule has 3 nitrogen and oxygen atoms in total. The lowest BCUT2D eigenvalue weighted by molar-refractivity contribution is 0.0592. The number of morpholine rings is 1. The molecule has 76 valence electrons. The molecule has 0 N–H and O–H groups in total. The molecule has 0 radical (unpaired) electrons. The summed E-state index contributed by atoms with van der Waals surface area (Å²) in [6.07, 6.45) is 6.60. The average Bonchev–Trinajstić information content (AvgIpc) is 2.19. The molecule has 0 saturated carbocycles. The molecule has 1 saturated heterocycles. The highest BCUT2D eigenvalue weighted by Gasteiger charge is 2.04. The maximum absolute atomic E-state index is 5.25. The molecule has 0 aromatic heterocycles. The Kier molecular flexibility index (Phi) is 5.61. The minimum absolute atomic E-state index is 0.855. The van der Waals surface area contributed by atoms with E-state index in [0.717, 1.165) is 45.8 Å². The fraction of sp³-hybridized carbons (Fsp3) is 0.800. The molecule has 0 aromatic carbocycles. The third kappa shape index (κ3) is 4.90. The zero-order valence-corrected chi connectivity index (χ0v) is 8.37. The van der Waals surface area contributed by atoms with Gasteiger partial charge in [-0.05, 0) is 19.0 Å². The van der Waals surface area contributed by atoms with Crippen LogP contribution in [0.1, 0.15) is 12.8 Å². The normalized spacial score (nSPS) is 18.4. The van der Waals surface area contributed by atoms with E-state index in [4.69, 9.17) is 9.47 Å². The summed E-state index contributed by atoms with van der Waals surface area (Å²) >= 11 is 0. The summed E-state index contributed by atoms with van der Waals surface area (Å²) in [5.74, 6) is 0. The lowest BCUT2D eigenvalue weighted by Crippen LogP contribution is -2.31. The van der Waals surface area contributed by atoms with Crippen LogP contribution < -0.4 is 0 Å². The Bertz CT molecular complexity index is 142. The minimum atomic E-state index is 0.855. The van der Waals surface area contributed by atoms with Crippen LogP contribution in [0.25, 0.3) is 0 Å². The Hall–Kier alpha value is -0.540. The smallest absolute Gasteiger partial charge is 0.0642 e. The second-order valence-corrected chi connectivity index (χ2v) is 3.17. The molecular formula is C10H19NO2. The van der Waals surface area contributed by atoms with Gasteiger partial charge in [-0.25, -0.2) is 0 Å². The highest BCUT2D eigenvalue weighted by Crippen LogP contribution is 1.99. The molecule has 0 bridgehead atoms. The van der Waals surface area contributed by atoms with E-state index in [1.807, 2.05) is 0 Å². The number of methoxy groups -OCH3 is 1. The van der Waals surface area contributed by atoms with Crippen LogP contribution in [-0.2, 0) is 9.47 Å². The summed E-state index contributed by atoms with van der Waals surface area (Å²) < 4.78 is 10.2. The molecular weight excluding hydrogens is 166 g/mol. The van der Waals surface area contributed by atoms with E-state index in [1.54, 1.807) is 7.11 Å². The molecule has 0 aliphatic carbocycles. The van der Waals surface area contributed by atoms with Crippen molar-refractivity contribution in [1.29, 1.82) is 0 Å². The van der Waals surface area contributed by atoms with Gasteiger partial charge >= 0.3 is 0 Å². The summed E-state index contributed by atoms with van der Waals surface area (Å²) in [6, 6.07) is 0. The van der Waals surface area contributed by atoms with Gasteiger partial charge in [0.1, 0.15) is 0 Å². The highest BCUT2D eigenvalue weighted by atomic mass is 16.5. The van der Waals surface area contributed by atoms with Gasteiger partial charge in [-0.15, -0.1) is 0 Å². The SMILES string of the molecule is COCCCC=CN1CCOCC1. The van der Waals surface area contributed by atoms with E-state index in [0.29, 0.717) is 0 Å². The van der Waals surface area contributed by atoms with Crippen molar-refractivity contribution in [3.63, 3.8) is 0 Å². The Balaban J connectivity index is 2.01. The Morgan fingerprint density at radius 2 is 2.15 bits per heavy atom. The van der Waals surface area contributed by atoms with Crippen molar-refractivity contribution in [2.24, 2.45) is 0 Å². The van der Waals surface area contributed by atoms with E-state index in [2.05, 4.69) is 17.2 Å². The monoisotopic (exact) mass is 185 g/mol. The molecule has 3 heteroatoms. The molecule has 0 amide bonds. The molecule has 0 unspecified atom stereocenters. The molecule has 0 atom stereocenters. The van der Waals surface area contributed by atoms with Crippen molar-refractivity contribution in [2.75, 3.05) is 40.0 Å². The number of unbranched alkanes of at least 4 members (excludes halogenated alkanes) is 1. The number of allylic oxidation sites excluding steroid dienone is 1. The van der Waals surface area contributed by atoms with Gasteiger partial charge in [-0.2, -0.15) is 0 Å². The lowest BCUT2D eigenvalue weighted by Gasteiger charge is -2.24. The second kappa shape index (κ2) is 6.92. The zero-order valence-electron chi connectivity index (χ0n) is 8.37. The molecule has 1 fully saturated rings. The first-order chi connectivity index (χ1) is 6.43. The minimum Gasteiger partial charge on any atom is -0.385 e. The topological polar surface area (TPSA) is 21.7 Å². The largest absolute Gasteiger partial charge is 0.385 e. The van der Waals surface area contributed by atoms with Crippen molar-refractivity contribution < 1.29 is 9.47 Å². The maximum atomic E-state index is 5.25. The first-order valence-electron chi connectivity index (χ1n) is 4.91. The van der Waals surface area contributed by atoms with Crippen LogP contribution in [0.15, 0.2) is 12.3 Å². The van der Waals surface area contributed by atoms with Gasteiger partial charge in [0.05, 0.1) is 13.2 Å². The Morgan fingerprint density at radius 3 is 2.85 bits per heavy atom. The van der Waals surface area contributed by atoms with Gasteiger partial charge in [0.15, 0.2) is 0 Å². The fourth-order valence-corrected chi connectivity index (χ4v) is 1.30. The summed E-state index contributed by atoms with van der Waals surface area (Å²) in [4.78, 5) is 2.30. The van der Waals surface area contributed by atoms with Crippen LogP contribution in [0.5, 0.6) is 0 Å². The average molecular weight is 185 g/mol. The maximum Gasteiger partial charge on any atom is 0.0642 e. The van der Waals surface area contributed by atoms with Crippen molar-refractivity contribution in [3.05, 3.63) is 12.3 Å². The van der Waals surface area contributed by atoms with Crippen LogP contribution in [-0.4, -0.2) is 44.9 Å². The number of ether oxygens (including phenoxy) is 2. The Labute approximate surface area is 80.3 Å². The second-order valence-electron chi connectivity index (χ2n) is 3.17. The first-order valence-corrected chi connectivity index (χ1v) is 4.91. The summed E-state index contributed by atoms with van der Waals surface area (Å²) in [7, 11) is 1.74. The first kappa shape index (κ1) is 10.5. The molecule has 13 heavy (non-hydrogen) atoms. The molecule has 1 rings (SSSR count). The van der Waals surface area contributed by atoms with Gasteiger partial charge in [0, 0.05) is 26.8 Å². The van der Waals surface area contributed by atoms with E-state index in [-0.39, 0.29) is 0 Å². The number of nitrogens with zero attached hydrogens (tertiary/aromatic N) is 1. The summed E-state index contributed by atoms with van der Waals surface area (Å²) in [5, 5.41) is 0. The molecule has 1 aliphatic heterocycles. The molecule has 0 aromatic rings. The van der Waals surface area contributed by atoms with Gasteiger partial charge in [-0.1, -0.05) is 6.08 Å². The number of hydrogen-bond donors (Lipinski definition) is 0. The van der Waals surface area contributed by atoms with Crippen molar-refractivity contribution >= 4 is 0 Å². The molecule has 0 spiro atoms. The van der Waals surface area contributed by atoms with Gasteiger partial charge in [0.25, 0.3) is 0 Å². The van der Waals surface area contributed by atoms with E-state index < -0.39 is 0 Å². The van der Waals surface area contributed by atoms with Gasteiger partial charge in [-0.3, -0.25) is 0 Å². The Morgan fingerprint density at radius 1 is 1.38 bits per heavy atom. The lowest BCUT2D eigenvalue weighted by atomic mass is 10.3. The van der Waals surface area contributed by atoms with Crippen molar-refractivity contribution in [3.8, 4) is 0 Å². The van der Waals surface area contributed by atoms with E-state index in [9.17, 15) is 0 Å². The fourth-order valence-electron chi connectivity index (χ4n) is 1.30. The highest BCUT2D eigenvalue weighted by molar-refractivity contribution is 4.83. The zero-order chi connectivity index (χ0) is 9.36. The van der Waals surface area contributed by atoms with Crippen LogP contribution in [0.4, 0.5) is 0 Å². The predicted molar refractivity (Wildman–Crippen MR) is 52.6 cm³/mol. The van der Waals surface area contributed by atoms with Gasteiger partial charge in [0.2, 0.25) is 0 Å². The van der Waals surface area contributed by atoms with Gasteiger partial charge < -0.3 is 14.4 Å².